The Balaban J connectivity index is 1.71. The van der Waals surface area contributed by atoms with Gasteiger partial charge in [-0.05, 0) is 53.0 Å². The van der Waals surface area contributed by atoms with E-state index in [1.165, 1.54) is 0 Å². The second-order valence-electron chi connectivity index (χ2n) is 5.69. The fraction of sp³-hybridized carbons (Fsp3) is 0.353. The summed E-state index contributed by atoms with van der Waals surface area (Å²) >= 11 is 3.55. The first kappa shape index (κ1) is 15.9. The molecule has 0 unspecified atom stereocenters. The minimum absolute atomic E-state index is 0.0585. The summed E-state index contributed by atoms with van der Waals surface area (Å²) in [5, 5.41) is 0. The first-order valence-corrected chi connectivity index (χ1v) is 8.51. The molecular formula is C17H19BrN4O. The molecule has 1 aliphatic rings. The van der Waals surface area contributed by atoms with Crippen molar-refractivity contribution in [1.29, 1.82) is 0 Å². The molecule has 3 heterocycles. The number of carbonyl (C=O) groups is 1. The summed E-state index contributed by atoms with van der Waals surface area (Å²) in [7, 11) is 0. The molecule has 120 valence electrons. The largest absolute Gasteiger partial charge is 0.354 e. The molecule has 1 fully saturated rings. The Morgan fingerprint density at radius 1 is 1.22 bits per heavy atom. The van der Waals surface area contributed by atoms with Crippen LogP contribution in [-0.2, 0) is 0 Å². The number of nitrogens with zero attached hydrogens (tertiary/aromatic N) is 4. The van der Waals surface area contributed by atoms with E-state index in [-0.39, 0.29) is 5.91 Å². The molecular weight excluding hydrogens is 356 g/mol. The van der Waals surface area contributed by atoms with Crippen LogP contribution in [0.15, 0.2) is 41.3 Å². The second-order valence-corrected chi connectivity index (χ2v) is 6.55. The third kappa shape index (κ3) is 3.69. The van der Waals surface area contributed by atoms with Gasteiger partial charge in [0.2, 0.25) is 0 Å². The number of rotatable bonds is 2. The van der Waals surface area contributed by atoms with Gasteiger partial charge in [-0.3, -0.25) is 9.78 Å². The van der Waals surface area contributed by atoms with Crippen molar-refractivity contribution >= 4 is 27.7 Å². The number of amides is 1. The molecule has 0 radical (unpaired) electrons. The highest BCUT2D eigenvalue weighted by Crippen LogP contribution is 2.24. The molecule has 0 spiro atoms. The molecule has 1 saturated heterocycles. The van der Waals surface area contributed by atoms with Gasteiger partial charge in [0.25, 0.3) is 5.91 Å². The Morgan fingerprint density at radius 2 is 2.09 bits per heavy atom. The molecule has 6 heteroatoms. The molecule has 5 nitrogen and oxygen atoms in total. The van der Waals surface area contributed by atoms with Crippen molar-refractivity contribution in [3.8, 4) is 0 Å². The molecule has 0 atom stereocenters. The maximum atomic E-state index is 12.7. The Labute approximate surface area is 144 Å². The van der Waals surface area contributed by atoms with Crippen molar-refractivity contribution in [2.75, 3.05) is 31.1 Å². The Bertz CT molecular complexity index is 706. The SMILES string of the molecule is Cc1cncc(C(=O)N2CCCN(c3ncccc3Br)CC2)c1. The summed E-state index contributed by atoms with van der Waals surface area (Å²) in [5.74, 6) is 1.00. The van der Waals surface area contributed by atoms with E-state index in [4.69, 9.17) is 0 Å². The monoisotopic (exact) mass is 374 g/mol. The minimum atomic E-state index is 0.0585. The summed E-state index contributed by atoms with van der Waals surface area (Å²) in [6.45, 7) is 5.07. The zero-order chi connectivity index (χ0) is 16.2. The van der Waals surface area contributed by atoms with Gasteiger partial charge in [0.15, 0.2) is 0 Å². The minimum Gasteiger partial charge on any atom is -0.354 e. The summed E-state index contributed by atoms with van der Waals surface area (Å²) < 4.78 is 0.989. The van der Waals surface area contributed by atoms with Crippen LogP contribution in [0.2, 0.25) is 0 Å². The number of hydrogen-bond acceptors (Lipinski definition) is 4. The van der Waals surface area contributed by atoms with E-state index >= 15 is 0 Å². The fourth-order valence-electron chi connectivity index (χ4n) is 2.80. The highest BCUT2D eigenvalue weighted by Gasteiger charge is 2.22. The molecule has 3 rings (SSSR count). The van der Waals surface area contributed by atoms with Gasteiger partial charge in [-0.1, -0.05) is 0 Å². The Hall–Kier alpha value is -1.95. The van der Waals surface area contributed by atoms with Crippen molar-refractivity contribution in [1.82, 2.24) is 14.9 Å². The Morgan fingerprint density at radius 3 is 2.87 bits per heavy atom. The van der Waals surface area contributed by atoms with E-state index in [9.17, 15) is 4.79 Å². The van der Waals surface area contributed by atoms with Gasteiger partial charge in [-0.15, -0.1) is 0 Å². The molecule has 2 aromatic heterocycles. The number of carbonyl (C=O) groups excluding carboxylic acids is 1. The van der Waals surface area contributed by atoms with Crippen LogP contribution in [0.5, 0.6) is 0 Å². The zero-order valence-corrected chi connectivity index (χ0v) is 14.7. The molecule has 1 amide bonds. The molecule has 0 aromatic carbocycles. The number of anilines is 1. The smallest absolute Gasteiger partial charge is 0.255 e. The highest BCUT2D eigenvalue weighted by molar-refractivity contribution is 9.10. The number of aryl methyl sites for hydroxylation is 1. The molecule has 0 N–H and O–H groups in total. The lowest BCUT2D eigenvalue weighted by Gasteiger charge is -2.23. The lowest BCUT2D eigenvalue weighted by Crippen LogP contribution is -2.35. The first-order valence-electron chi connectivity index (χ1n) is 7.71. The summed E-state index contributed by atoms with van der Waals surface area (Å²) in [5.41, 5.74) is 1.67. The average Bonchev–Trinajstić information content (AvgIpc) is 2.80. The van der Waals surface area contributed by atoms with Gasteiger partial charge in [0.05, 0.1) is 10.0 Å². The second kappa shape index (κ2) is 7.08. The lowest BCUT2D eigenvalue weighted by molar-refractivity contribution is 0.0766. The van der Waals surface area contributed by atoms with E-state index in [1.807, 2.05) is 30.0 Å². The molecule has 1 aliphatic heterocycles. The maximum absolute atomic E-state index is 12.7. The van der Waals surface area contributed by atoms with Gasteiger partial charge in [-0.2, -0.15) is 0 Å². The van der Waals surface area contributed by atoms with Crippen molar-refractivity contribution in [3.63, 3.8) is 0 Å². The third-order valence-corrected chi connectivity index (χ3v) is 4.56. The van der Waals surface area contributed by atoms with Crippen LogP contribution in [0, 0.1) is 6.92 Å². The van der Waals surface area contributed by atoms with Crippen LogP contribution in [0.3, 0.4) is 0 Å². The molecule has 0 saturated carbocycles. The zero-order valence-electron chi connectivity index (χ0n) is 13.1. The number of aromatic nitrogens is 2. The van der Waals surface area contributed by atoms with Crippen LogP contribution in [0.4, 0.5) is 5.82 Å². The van der Waals surface area contributed by atoms with Gasteiger partial charge in [0, 0.05) is 44.8 Å². The highest BCUT2D eigenvalue weighted by atomic mass is 79.9. The number of hydrogen-bond donors (Lipinski definition) is 0. The molecule has 0 bridgehead atoms. The van der Waals surface area contributed by atoms with Crippen molar-refractivity contribution in [2.24, 2.45) is 0 Å². The standard InChI is InChI=1S/C17H19BrN4O/c1-13-10-14(12-19-11-13)17(23)22-7-3-6-21(8-9-22)16-15(18)4-2-5-20-16/h2,4-5,10-12H,3,6-9H2,1H3. The van der Waals surface area contributed by atoms with E-state index in [0.29, 0.717) is 12.1 Å². The lowest BCUT2D eigenvalue weighted by atomic mass is 10.2. The topological polar surface area (TPSA) is 49.3 Å². The fourth-order valence-corrected chi connectivity index (χ4v) is 3.30. The summed E-state index contributed by atoms with van der Waals surface area (Å²) in [6, 6.07) is 5.80. The summed E-state index contributed by atoms with van der Waals surface area (Å²) in [6.07, 6.45) is 6.13. The van der Waals surface area contributed by atoms with Crippen molar-refractivity contribution < 1.29 is 4.79 Å². The Kier molecular flexibility index (Phi) is 4.91. The predicted molar refractivity (Wildman–Crippen MR) is 93.6 cm³/mol. The van der Waals surface area contributed by atoms with Crippen LogP contribution in [0.1, 0.15) is 22.3 Å². The molecule has 0 aliphatic carbocycles. The van der Waals surface area contributed by atoms with Crippen molar-refractivity contribution in [2.45, 2.75) is 13.3 Å². The summed E-state index contributed by atoms with van der Waals surface area (Å²) in [4.78, 5) is 25.4. The van der Waals surface area contributed by atoms with E-state index in [0.717, 1.165) is 41.9 Å². The van der Waals surface area contributed by atoms with Gasteiger partial charge in [0.1, 0.15) is 5.82 Å². The first-order chi connectivity index (χ1) is 11.1. The van der Waals surface area contributed by atoms with E-state index < -0.39 is 0 Å². The third-order valence-electron chi connectivity index (χ3n) is 3.94. The van der Waals surface area contributed by atoms with Crippen LogP contribution in [-0.4, -0.2) is 47.0 Å². The van der Waals surface area contributed by atoms with E-state index in [1.54, 1.807) is 18.6 Å². The van der Waals surface area contributed by atoms with Crippen LogP contribution >= 0.6 is 15.9 Å². The normalized spacial score (nSPS) is 15.4. The maximum Gasteiger partial charge on any atom is 0.255 e. The number of halogens is 1. The van der Waals surface area contributed by atoms with Gasteiger partial charge < -0.3 is 9.80 Å². The quantitative estimate of drug-likeness (QED) is 0.810. The van der Waals surface area contributed by atoms with E-state index in [2.05, 4.69) is 30.8 Å². The van der Waals surface area contributed by atoms with Crippen LogP contribution < -0.4 is 4.90 Å². The van der Waals surface area contributed by atoms with Crippen LogP contribution in [0.25, 0.3) is 0 Å². The average molecular weight is 375 g/mol. The van der Waals surface area contributed by atoms with Crippen molar-refractivity contribution in [3.05, 3.63) is 52.4 Å². The molecule has 23 heavy (non-hydrogen) atoms. The molecule has 2 aromatic rings. The number of pyridine rings is 2. The predicted octanol–water partition coefficient (Wildman–Crippen LogP) is 2.90. The van der Waals surface area contributed by atoms with Gasteiger partial charge in [-0.25, -0.2) is 4.98 Å². The van der Waals surface area contributed by atoms with Gasteiger partial charge >= 0.3 is 0 Å².